The lowest BCUT2D eigenvalue weighted by Gasteiger charge is -2.42. The summed E-state index contributed by atoms with van der Waals surface area (Å²) in [6.07, 6.45) is 2.64. The Labute approximate surface area is 200 Å². The van der Waals surface area contributed by atoms with Gasteiger partial charge < -0.3 is 9.47 Å². The molecule has 2 aromatic rings. The zero-order valence-corrected chi connectivity index (χ0v) is 19.4. The molecule has 1 aromatic carbocycles. The van der Waals surface area contributed by atoms with E-state index in [4.69, 9.17) is 12.2 Å². The highest BCUT2D eigenvalue weighted by Gasteiger charge is 2.37. The Balaban J connectivity index is 1.24. The number of pyridine rings is 1. The van der Waals surface area contributed by atoms with Gasteiger partial charge in [-0.05, 0) is 30.5 Å². The summed E-state index contributed by atoms with van der Waals surface area (Å²) in [7, 11) is 0. The van der Waals surface area contributed by atoms with Crippen molar-refractivity contribution < 1.29 is 14.0 Å². The standard InChI is InChI=1S/C24H22FN3O3S2/c25-18-5-2-1-4-16(18)11-20-23(31)27(24(32)33-20)9-8-21(29)26-12-15-10-17(14-26)19-6-3-7-22(30)28(19)13-15/h1-7,11,15,17H,8-10,12-14H2. The highest BCUT2D eigenvalue weighted by atomic mass is 32.2. The highest BCUT2D eigenvalue weighted by molar-refractivity contribution is 8.26. The summed E-state index contributed by atoms with van der Waals surface area (Å²) in [5.41, 5.74) is 1.33. The van der Waals surface area contributed by atoms with Gasteiger partial charge in [0.1, 0.15) is 10.1 Å². The summed E-state index contributed by atoms with van der Waals surface area (Å²) < 4.78 is 16.2. The average Bonchev–Trinajstić information content (AvgIpc) is 3.06. The lowest BCUT2D eigenvalue weighted by Crippen LogP contribution is -2.49. The number of carbonyl (C=O) groups excluding carboxylic acids is 2. The third kappa shape index (κ3) is 4.27. The first kappa shape index (κ1) is 22.0. The maximum absolute atomic E-state index is 14.0. The Morgan fingerprint density at radius 1 is 1.12 bits per heavy atom. The number of halogens is 1. The van der Waals surface area contributed by atoms with Crippen molar-refractivity contribution in [1.29, 1.82) is 0 Å². The summed E-state index contributed by atoms with van der Waals surface area (Å²) in [6, 6.07) is 11.6. The number of hydrogen-bond donors (Lipinski definition) is 0. The third-order valence-corrected chi connectivity index (χ3v) is 7.82. The number of benzene rings is 1. The minimum Gasteiger partial charge on any atom is -0.342 e. The molecule has 2 saturated heterocycles. The first-order chi connectivity index (χ1) is 15.9. The topological polar surface area (TPSA) is 62.6 Å². The number of amides is 2. The third-order valence-electron chi connectivity index (χ3n) is 6.45. The molecule has 6 nitrogen and oxygen atoms in total. The van der Waals surface area contributed by atoms with Crippen molar-refractivity contribution in [3.05, 3.63) is 74.8 Å². The quantitative estimate of drug-likeness (QED) is 0.494. The van der Waals surface area contributed by atoms with E-state index in [2.05, 4.69) is 0 Å². The largest absolute Gasteiger partial charge is 0.342 e. The molecule has 0 radical (unpaired) electrons. The van der Waals surface area contributed by atoms with Crippen molar-refractivity contribution >= 4 is 46.2 Å². The molecule has 1 aromatic heterocycles. The van der Waals surface area contributed by atoms with Crippen LogP contribution in [0.5, 0.6) is 0 Å². The molecule has 2 fully saturated rings. The molecule has 0 N–H and O–H groups in total. The van der Waals surface area contributed by atoms with Gasteiger partial charge in [0.15, 0.2) is 0 Å². The Bertz CT molecular complexity index is 1240. The molecule has 2 unspecified atom stereocenters. The Morgan fingerprint density at radius 3 is 2.76 bits per heavy atom. The normalized spacial score (nSPS) is 23.2. The van der Waals surface area contributed by atoms with E-state index in [1.165, 1.54) is 17.0 Å². The van der Waals surface area contributed by atoms with Crippen LogP contribution in [0.1, 0.15) is 30.0 Å². The van der Waals surface area contributed by atoms with Crippen LogP contribution in [-0.2, 0) is 16.1 Å². The van der Waals surface area contributed by atoms with Gasteiger partial charge in [0, 0.05) is 55.8 Å². The minimum atomic E-state index is -0.405. The molecule has 9 heteroatoms. The van der Waals surface area contributed by atoms with E-state index in [0.717, 1.165) is 23.9 Å². The number of hydrogen-bond acceptors (Lipinski definition) is 5. The first-order valence-corrected chi connectivity index (χ1v) is 12.1. The Kier molecular flexibility index (Phi) is 5.92. The molecule has 3 aliphatic heterocycles. The zero-order valence-electron chi connectivity index (χ0n) is 17.8. The number of aromatic nitrogens is 1. The molecule has 3 aliphatic rings. The monoisotopic (exact) mass is 483 g/mol. The Hall–Kier alpha value is -2.78. The number of piperidine rings is 1. The van der Waals surface area contributed by atoms with Gasteiger partial charge in [-0.2, -0.15) is 0 Å². The molecule has 4 heterocycles. The molecule has 0 saturated carbocycles. The van der Waals surface area contributed by atoms with Crippen molar-refractivity contribution in [3.8, 4) is 0 Å². The van der Waals surface area contributed by atoms with E-state index in [-0.39, 0.29) is 42.2 Å². The van der Waals surface area contributed by atoms with Gasteiger partial charge in [-0.1, -0.05) is 48.2 Å². The second kappa shape index (κ2) is 8.87. The Morgan fingerprint density at radius 2 is 1.94 bits per heavy atom. The second-order valence-electron chi connectivity index (χ2n) is 8.60. The number of carbonyl (C=O) groups is 2. The van der Waals surface area contributed by atoms with Crippen LogP contribution in [0.3, 0.4) is 0 Å². The van der Waals surface area contributed by atoms with E-state index in [0.29, 0.717) is 34.4 Å². The smallest absolute Gasteiger partial charge is 0.266 e. The lowest BCUT2D eigenvalue weighted by molar-refractivity contribution is -0.134. The number of thiocarbonyl (C=S) groups is 1. The molecular weight excluding hydrogens is 461 g/mol. The lowest BCUT2D eigenvalue weighted by atomic mass is 9.83. The number of fused-ring (bicyclic) bond motifs is 4. The SMILES string of the molecule is O=C(CCN1C(=O)C(=Cc2ccccc2F)SC1=S)N1CC2CC(C1)c1cccc(=O)n1C2. The van der Waals surface area contributed by atoms with Crippen LogP contribution < -0.4 is 5.56 Å². The van der Waals surface area contributed by atoms with Crippen molar-refractivity contribution in [1.82, 2.24) is 14.4 Å². The van der Waals surface area contributed by atoms with Crippen LogP contribution in [-0.4, -0.2) is 50.1 Å². The van der Waals surface area contributed by atoms with Gasteiger partial charge in [-0.25, -0.2) is 4.39 Å². The van der Waals surface area contributed by atoms with Crippen molar-refractivity contribution in [2.75, 3.05) is 19.6 Å². The van der Waals surface area contributed by atoms with Gasteiger partial charge in [0.25, 0.3) is 11.5 Å². The minimum absolute atomic E-state index is 0.0137. The summed E-state index contributed by atoms with van der Waals surface area (Å²) in [6.45, 7) is 2.01. The van der Waals surface area contributed by atoms with Gasteiger partial charge in [-0.15, -0.1) is 0 Å². The van der Waals surface area contributed by atoms with Crippen LogP contribution in [0.4, 0.5) is 4.39 Å². The van der Waals surface area contributed by atoms with E-state index < -0.39 is 5.82 Å². The fourth-order valence-electron chi connectivity index (χ4n) is 4.89. The van der Waals surface area contributed by atoms with Crippen LogP contribution in [0.25, 0.3) is 6.08 Å². The van der Waals surface area contributed by atoms with E-state index >= 15 is 0 Å². The van der Waals surface area contributed by atoms with E-state index in [9.17, 15) is 18.8 Å². The van der Waals surface area contributed by atoms with Crippen molar-refractivity contribution in [2.45, 2.75) is 25.3 Å². The number of likely N-dealkylation sites (tertiary alicyclic amines) is 1. The fourth-order valence-corrected chi connectivity index (χ4v) is 6.19. The molecule has 170 valence electrons. The van der Waals surface area contributed by atoms with Crippen molar-refractivity contribution in [3.63, 3.8) is 0 Å². The van der Waals surface area contributed by atoms with Crippen LogP contribution in [0, 0.1) is 11.7 Å². The number of thioether (sulfide) groups is 1. The molecule has 2 bridgehead atoms. The van der Waals surface area contributed by atoms with Gasteiger partial charge >= 0.3 is 0 Å². The molecule has 0 aliphatic carbocycles. The summed E-state index contributed by atoms with van der Waals surface area (Å²) in [5.74, 6) is -0.331. The van der Waals surface area contributed by atoms with Gasteiger partial charge in [-0.3, -0.25) is 19.3 Å². The summed E-state index contributed by atoms with van der Waals surface area (Å²) in [4.78, 5) is 41.6. The summed E-state index contributed by atoms with van der Waals surface area (Å²) in [5, 5.41) is 0. The van der Waals surface area contributed by atoms with Crippen LogP contribution in [0.2, 0.25) is 0 Å². The predicted octanol–water partition coefficient (Wildman–Crippen LogP) is 3.22. The maximum Gasteiger partial charge on any atom is 0.266 e. The zero-order chi connectivity index (χ0) is 23.1. The maximum atomic E-state index is 14.0. The second-order valence-corrected chi connectivity index (χ2v) is 10.3. The number of nitrogens with zero attached hydrogens (tertiary/aromatic N) is 3. The van der Waals surface area contributed by atoms with Crippen LogP contribution >= 0.6 is 24.0 Å². The van der Waals surface area contributed by atoms with Crippen molar-refractivity contribution in [2.24, 2.45) is 5.92 Å². The van der Waals surface area contributed by atoms with E-state index in [1.54, 1.807) is 30.3 Å². The van der Waals surface area contributed by atoms with Gasteiger partial charge in [0.05, 0.1) is 4.91 Å². The molecule has 2 amide bonds. The summed E-state index contributed by atoms with van der Waals surface area (Å²) >= 11 is 6.47. The molecule has 5 rings (SSSR count). The molecule has 2 atom stereocenters. The fraction of sp³-hybridized carbons (Fsp3) is 0.333. The number of rotatable bonds is 4. The first-order valence-electron chi connectivity index (χ1n) is 10.9. The predicted molar refractivity (Wildman–Crippen MR) is 129 cm³/mol. The van der Waals surface area contributed by atoms with E-state index in [1.807, 2.05) is 15.5 Å². The molecular formula is C24H22FN3O3S2. The highest BCUT2D eigenvalue weighted by Crippen LogP contribution is 2.36. The van der Waals surface area contributed by atoms with Crippen LogP contribution in [0.15, 0.2) is 52.2 Å². The average molecular weight is 484 g/mol. The molecule has 0 spiro atoms. The molecule has 33 heavy (non-hydrogen) atoms. The van der Waals surface area contributed by atoms with Gasteiger partial charge in [0.2, 0.25) is 5.91 Å².